The molecule has 0 radical (unpaired) electrons. The number of nitrogens with one attached hydrogen (secondary N) is 3. The average molecular weight is 537 g/mol. The number of ketones is 1. The van der Waals surface area contributed by atoms with Gasteiger partial charge in [0.2, 0.25) is 17.7 Å². The van der Waals surface area contributed by atoms with Crippen molar-refractivity contribution >= 4 is 46.1 Å². The minimum absolute atomic E-state index is 0.141. The molecule has 0 saturated carbocycles. The number of hydrogen-bond donors (Lipinski definition) is 3. The molecule has 8 heteroatoms. The number of carbonyl (C=O) groups is 4. The topological polar surface area (TPSA) is 104 Å². The minimum atomic E-state index is -1.21. The molecule has 1 aliphatic heterocycles. The first-order chi connectivity index (χ1) is 14.8. The number of alkyl halides is 1. The molecule has 1 heterocycles. The average Bonchev–Trinajstić information content (AvgIpc) is 3.02. The lowest BCUT2D eigenvalue weighted by Crippen LogP contribution is -2.49. The molecule has 1 aromatic rings. The van der Waals surface area contributed by atoms with Crippen LogP contribution < -0.4 is 16.0 Å². The van der Waals surface area contributed by atoms with Gasteiger partial charge in [-0.15, -0.1) is 0 Å². The third kappa shape index (κ3) is 6.61. The van der Waals surface area contributed by atoms with E-state index in [1.54, 1.807) is 13.8 Å². The van der Waals surface area contributed by atoms with Gasteiger partial charge in [0.1, 0.15) is 11.8 Å². The van der Waals surface area contributed by atoms with Gasteiger partial charge in [0, 0.05) is 12.5 Å². The van der Waals surface area contributed by atoms with Crippen LogP contribution in [-0.4, -0.2) is 40.5 Å². The summed E-state index contributed by atoms with van der Waals surface area (Å²) in [6, 6.07) is 8.51. The lowest BCUT2D eigenvalue weighted by molar-refractivity contribution is -0.137. The maximum absolute atomic E-state index is 13.2. The van der Waals surface area contributed by atoms with E-state index in [4.69, 9.17) is 0 Å². The Labute approximate surface area is 196 Å². The fourth-order valence-electron chi connectivity index (χ4n) is 3.59. The van der Waals surface area contributed by atoms with Crippen molar-refractivity contribution in [2.24, 2.45) is 17.8 Å². The minimum Gasteiger partial charge on any atom is -0.346 e. The van der Waals surface area contributed by atoms with Gasteiger partial charge in [-0.1, -0.05) is 85.5 Å². The number of halogens is 1. The van der Waals surface area contributed by atoms with Gasteiger partial charge < -0.3 is 10.6 Å². The molecule has 166 valence electrons. The maximum Gasteiger partial charge on any atom is 0.243 e. The number of carbonyl (C=O) groups excluding carboxylic acids is 4. The number of imide groups is 1. The lowest BCUT2D eigenvalue weighted by atomic mass is 9.84. The number of amides is 3. The van der Waals surface area contributed by atoms with Crippen molar-refractivity contribution in [3.8, 4) is 11.8 Å². The molecule has 3 N–H and O–H groups in total. The van der Waals surface area contributed by atoms with Gasteiger partial charge in [-0.2, -0.15) is 0 Å². The van der Waals surface area contributed by atoms with Crippen LogP contribution in [0.5, 0.6) is 0 Å². The zero-order valence-corrected chi connectivity index (χ0v) is 20.1. The standard InChI is InChI=1S/C23H28IN3O4/c1-4-25-17(15-9-6-5-7-10-15)13-18(28)26-20(14(2)3)21(29)19-16(11-8-12-24)22(30)27-23(19)31/h5-7,9-10,14,16-17,19-20,25H,4,12-13H2,1-3H3,(H,26,28)(H,27,30,31)/t16?,17-,19?,20-/m0/s1. The van der Waals surface area contributed by atoms with Gasteiger partial charge in [-0.25, -0.2) is 0 Å². The first-order valence-corrected chi connectivity index (χ1v) is 11.8. The molecule has 0 spiro atoms. The van der Waals surface area contributed by atoms with Gasteiger partial charge >= 0.3 is 0 Å². The molecule has 2 rings (SSSR count). The molecule has 1 aliphatic rings. The van der Waals surface area contributed by atoms with Gasteiger partial charge in [-0.05, 0) is 18.0 Å². The second-order valence-electron chi connectivity index (χ2n) is 7.68. The third-order valence-electron chi connectivity index (χ3n) is 5.11. The fraction of sp³-hybridized carbons (Fsp3) is 0.478. The van der Waals surface area contributed by atoms with Crippen LogP contribution in [0.1, 0.15) is 38.8 Å². The van der Waals surface area contributed by atoms with E-state index in [2.05, 4.69) is 27.8 Å². The zero-order chi connectivity index (χ0) is 23.0. The van der Waals surface area contributed by atoms with Gasteiger partial charge in [-0.3, -0.25) is 24.5 Å². The van der Waals surface area contributed by atoms with Crippen molar-refractivity contribution in [1.29, 1.82) is 0 Å². The predicted octanol–water partition coefficient (Wildman–Crippen LogP) is 1.76. The third-order valence-corrected chi connectivity index (χ3v) is 5.49. The van der Waals surface area contributed by atoms with Crippen LogP contribution in [0.2, 0.25) is 0 Å². The summed E-state index contributed by atoms with van der Waals surface area (Å²) < 4.78 is 0.478. The van der Waals surface area contributed by atoms with Crippen molar-refractivity contribution in [1.82, 2.24) is 16.0 Å². The lowest BCUT2D eigenvalue weighted by Gasteiger charge is -2.25. The van der Waals surface area contributed by atoms with E-state index in [1.807, 2.05) is 59.8 Å². The summed E-state index contributed by atoms with van der Waals surface area (Å²) in [7, 11) is 0. The quantitative estimate of drug-likeness (QED) is 0.147. The molecular formula is C23H28IN3O4. The normalized spacial score (nSPS) is 19.9. The molecule has 4 atom stereocenters. The Bertz CT molecular complexity index is 876. The summed E-state index contributed by atoms with van der Waals surface area (Å²) in [5, 5.41) is 8.28. The van der Waals surface area contributed by atoms with Crippen molar-refractivity contribution in [2.75, 3.05) is 11.0 Å². The summed E-state index contributed by atoms with van der Waals surface area (Å²) in [5.41, 5.74) is 0.974. The maximum atomic E-state index is 13.2. The number of Topliss-reactive ketones (excluding diaryl/α,β-unsaturated/α-hetero) is 1. The first kappa shape index (κ1) is 25.0. The molecule has 3 amide bonds. The second-order valence-corrected chi connectivity index (χ2v) is 8.44. The van der Waals surface area contributed by atoms with Crippen LogP contribution in [0.4, 0.5) is 0 Å². The molecular weight excluding hydrogens is 509 g/mol. The SMILES string of the molecule is CCN[C@@H](CC(=O)N[C@H](C(=O)C1C(=O)NC(=O)C1C#CCI)C(C)C)c1ccccc1. The highest BCUT2D eigenvalue weighted by atomic mass is 127. The number of rotatable bonds is 9. The van der Waals surface area contributed by atoms with Gasteiger partial charge in [0.25, 0.3) is 0 Å². The first-order valence-electron chi connectivity index (χ1n) is 10.3. The summed E-state index contributed by atoms with van der Waals surface area (Å²) in [4.78, 5) is 50.5. The van der Waals surface area contributed by atoms with Crippen molar-refractivity contribution < 1.29 is 19.2 Å². The number of benzene rings is 1. The monoisotopic (exact) mass is 537 g/mol. The Morgan fingerprint density at radius 3 is 2.42 bits per heavy atom. The smallest absolute Gasteiger partial charge is 0.243 e. The van der Waals surface area contributed by atoms with Crippen molar-refractivity contribution in [2.45, 2.75) is 39.3 Å². The van der Waals surface area contributed by atoms with E-state index in [0.29, 0.717) is 11.0 Å². The molecule has 1 saturated heterocycles. The molecule has 0 aromatic heterocycles. The molecule has 1 aromatic carbocycles. The van der Waals surface area contributed by atoms with Crippen LogP contribution in [0, 0.1) is 29.6 Å². The van der Waals surface area contributed by atoms with E-state index in [1.165, 1.54) is 0 Å². The summed E-state index contributed by atoms with van der Waals surface area (Å²) >= 11 is 2.03. The molecule has 0 bridgehead atoms. The van der Waals surface area contributed by atoms with Crippen LogP contribution in [-0.2, 0) is 19.2 Å². The second kappa shape index (κ2) is 12.0. The Morgan fingerprint density at radius 2 is 1.84 bits per heavy atom. The highest BCUT2D eigenvalue weighted by molar-refractivity contribution is 14.1. The molecule has 7 nitrogen and oxygen atoms in total. The van der Waals surface area contributed by atoms with Crippen LogP contribution in [0.3, 0.4) is 0 Å². The Hall–Kier alpha value is -2.25. The van der Waals surface area contributed by atoms with E-state index >= 15 is 0 Å². The predicted molar refractivity (Wildman–Crippen MR) is 126 cm³/mol. The largest absolute Gasteiger partial charge is 0.346 e. The highest BCUT2D eigenvalue weighted by Crippen LogP contribution is 2.24. The molecule has 0 aliphatic carbocycles. The Morgan fingerprint density at radius 1 is 1.16 bits per heavy atom. The number of hydrogen-bond acceptors (Lipinski definition) is 5. The summed E-state index contributed by atoms with van der Waals surface area (Å²) in [5.74, 6) is 0.993. The summed E-state index contributed by atoms with van der Waals surface area (Å²) in [6.07, 6.45) is 0.141. The Balaban J connectivity index is 2.17. The zero-order valence-electron chi connectivity index (χ0n) is 17.9. The molecule has 31 heavy (non-hydrogen) atoms. The van der Waals surface area contributed by atoms with E-state index in [0.717, 1.165) is 5.56 Å². The van der Waals surface area contributed by atoms with Gasteiger partial charge in [0.05, 0.1) is 10.5 Å². The van der Waals surface area contributed by atoms with Crippen LogP contribution in [0.25, 0.3) is 0 Å². The van der Waals surface area contributed by atoms with Crippen molar-refractivity contribution in [3.05, 3.63) is 35.9 Å². The Kier molecular flexibility index (Phi) is 9.65. The van der Waals surface area contributed by atoms with E-state index in [-0.39, 0.29) is 24.3 Å². The fourth-order valence-corrected chi connectivity index (χ4v) is 3.81. The van der Waals surface area contributed by atoms with Gasteiger partial charge in [0.15, 0.2) is 5.78 Å². The van der Waals surface area contributed by atoms with E-state index < -0.39 is 35.5 Å². The van der Waals surface area contributed by atoms with Crippen LogP contribution in [0.15, 0.2) is 30.3 Å². The highest BCUT2D eigenvalue weighted by Gasteiger charge is 2.48. The van der Waals surface area contributed by atoms with E-state index in [9.17, 15) is 19.2 Å². The molecule has 1 fully saturated rings. The van der Waals surface area contributed by atoms with Crippen LogP contribution >= 0.6 is 22.6 Å². The van der Waals surface area contributed by atoms with Crippen molar-refractivity contribution in [3.63, 3.8) is 0 Å². The molecule has 2 unspecified atom stereocenters. The summed E-state index contributed by atoms with van der Waals surface area (Å²) in [6.45, 7) is 6.23.